The van der Waals surface area contributed by atoms with Crippen molar-refractivity contribution in [2.75, 3.05) is 25.2 Å². The zero-order valence-electron chi connectivity index (χ0n) is 70.8. The Bertz CT molecular complexity index is 4810. The molecule has 0 spiro atoms. The fourth-order valence-electron chi connectivity index (χ4n) is 11.5. The molecule has 129 heavy (non-hydrogen) atoms. The van der Waals surface area contributed by atoms with Gasteiger partial charge in [0.1, 0.15) is 28.6 Å². The van der Waals surface area contributed by atoms with Crippen LogP contribution in [0.25, 0.3) is 0 Å². The van der Waals surface area contributed by atoms with Gasteiger partial charge in [0.2, 0.25) is 14.9 Å². The van der Waals surface area contributed by atoms with Crippen LogP contribution < -0.4 is 8.92 Å². The maximum Gasteiger partial charge on any atom is 0.450 e. The number of imide groups is 1. The first-order valence-electron chi connectivity index (χ1n) is 39.2. The Morgan fingerprint density at radius 1 is 0.535 bits per heavy atom. The number of hydrogen-bond donors (Lipinski definition) is 2. The van der Waals surface area contributed by atoms with Crippen LogP contribution in [0.5, 0.6) is 23.0 Å². The van der Waals surface area contributed by atoms with Crippen LogP contribution in [-0.4, -0.2) is 135 Å². The van der Waals surface area contributed by atoms with Gasteiger partial charge in [-0.1, -0.05) is 228 Å². The molecule has 1 aliphatic carbocycles. The molecule has 3 atom stereocenters. The lowest BCUT2D eigenvalue weighted by molar-refractivity contribution is -0.244. The first kappa shape index (κ1) is 134. The second kappa shape index (κ2) is 56.1. The number of Topliss-reactive ketones (excluding diaryl/α,β-unsaturated/α-hetero) is 1. The number of benzene rings is 6. The topological polar surface area (TPSA) is 335 Å². The molecule has 6 aromatic carbocycles. The summed E-state index contributed by atoms with van der Waals surface area (Å²) in [5, 5.41) is 4.26. The fraction of sp³-hybridized carbons (Fsp3) is 0.573. The number of carbonyl (C=O) groups is 5. The molecule has 3 aliphatic rings. The number of hydroxylamine groups is 2. The van der Waals surface area contributed by atoms with E-state index in [2.05, 4.69) is 70.0 Å². The average Bonchev–Trinajstić information content (AvgIpc) is 1.59. The van der Waals surface area contributed by atoms with Crippen LogP contribution in [0, 0.1) is 10.8 Å². The smallest absolute Gasteiger partial charge is 0.450 e. The predicted octanol–water partition coefficient (Wildman–Crippen LogP) is 25.8. The van der Waals surface area contributed by atoms with E-state index in [1.165, 1.54) is 97.4 Å². The highest BCUT2D eigenvalue weighted by atomic mass is 33.2. The van der Waals surface area contributed by atoms with Crippen molar-refractivity contribution in [3.63, 3.8) is 0 Å². The van der Waals surface area contributed by atoms with Gasteiger partial charge in [-0.25, -0.2) is 16.8 Å². The third-order valence-electron chi connectivity index (χ3n) is 20.9. The van der Waals surface area contributed by atoms with Crippen LogP contribution in [-0.2, 0) is 78.9 Å². The van der Waals surface area contributed by atoms with Crippen LogP contribution in [0.4, 0.5) is 26.3 Å². The molecule has 2 amide bonds. The Hall–Kier alpha value is -8.08. The second-order valence-electron chi connectivity index (χ2n) is 31.9. The Labute approximate surface area is 774 Å². The van der Waals surface area contributed by atoms with E-state index in [0.29, 0.717) is 64.2 Å². The summed E-state index contributed by atoms with van der Waals surface area (Å²) < 4.78 is 208. The lowest BCUT2D eigenvalue weighted by atomic mass is 9.83. The van der Waals surface area contributed by atoms with Gasteiger partial charge >= 0.3 is 57.5 Å². The van der Waals surface area contributed by atoms with Crippen molar-refractivity contribution in [3.05, 3.63) is 184 Å². The number of ether oxygens (including phenoxy) is 3. The highest BCUT2D eigenvalue weighted by molar-refractivity contribution is 8.65. The van der Waals surface area contributed by atoms with E-state index in [0.717, 1.165) is 54.9 Å². The molecule has 0 aromatic heterocycles. The van der Waals surface area contributed by atoms with E-state index < -0.39 is 83.6 Å². The van der Waals surface area contributed by atoms with Gasteiger partial charge in [0.25, 0.3) is 11.8 Å². The molecule has 22 nitrogen and oxygen atoms in total. The molecule has 3 unspecified atom stereocenters. The number of alkyl halides is 6. The number of phenolic OH excluding ortho intramolecular Hbond substituents is 2. The SMILES string of the molecule is C.C.C.C.C.C.C.C.C.C.CC(C)(C(=O)c1ccc(C2CCCCC2)cc1)[S+]1CCCC1.CCC(C)(C)C(=O)OC(C)(C)C.CCC(C)(C)C(=O)OCCc1ccc(OS(=O)(=O)C(F)(F)C(F)(F)C(F)(F)S(=O)(=O)S(=O)(=O)[O-])cc1.CCC(C)c1ccc(O)c(OC)c1.CCC(C)c1ccc(O)cc1.CCC(C)c1ccc(S(=O)(=O)ON2C(=O)c3ccccc3C2=O)cc1. The fourth-order valence-corrected chi connectivity index (χ4v) is 17.9. The summed E-state index contributed by atoms with van der Waals surface area (Å²) in [5.74, 6) is -4.72. The molecule has 2 heterocycles. The summed E-state index contributed by atoms with van der Waals surface area (Å²) in [6.45, 7) is 33.4. The minimum Gasteiger partial charge on any atom is -0.735 e. The van der Waals surface area contributed by atoms with E-state index >= 15 is 0 Å². The lowest BCUT2D eigenvalue weighted by Crippen LogP contribution is -2.62. The Morgan fingerprint density at radius 3 is 1.36 bits per heavy atom. The van der Waals surface area contributed by atoms with Gasteiger partial charge in [0.05, 0.1) is 40.6 Å². The van der Waals surface area contributed by atoms with Gasteiger partial charge in [-0.05, 0) is 232 Å². The van der Waals surface area contributed by atoms with Crippen molar-refractivity contribution in [2.24, 2.45) is 10.8 Å². The number of carbonyl (C=O) groups excluding carboxylic acids is 5. The molecule has 2 fully saturated rings. The number of aromatic hydroxyl groups is 2. The highest BCUT2D eigenvalue weighted by Crippen LogP contribution is 2.52. The van der Waals surface area contributed by atoms with Gasteiger partial charge in [0, 0.05) is 22.9 Å². The zero-order valence-corrected chi connectivity index (χ0v) is 74.9. The Balaban J connectivity index is -0.000000286. The van der Waals surface area contributed by atoms with E-state index in [1.54, 1.807) is 70.3 Å². The van der Waals surface area contributed by atoms with Crippen LogP contribution in [0.15, 0.2) is 144 Å². The van der Waals surface area contributed by atoms with Crippen LogP contribution in [0.2, 0.25) is 0 Å². The number of hydrogen-bond acceptors (Lipinski definition) is 21. The number of methoxy groups -OCH3 is 1. The molecule has 2 aliphatic heterocycles. The van der Waals surface area contributed by atoms with Crippen molar-refractivity contribution < 1.29 is 121 Å². The number of rotatable bonds is 28. The molecule has 9 rings (SSSR count). The summed E-state index contributed by atoms with van der Waals surface area (Å²) in [4.78, 5) is 60.6. The number of phenols is 2. The van der Waals surface area contributed by atoms with Gasteiger partial charge in [0.15, 0.2) is 16.2 Å². The normalized spacial score (nSPS) is 14.2. The van der Waals surface area contributed by atoms with Gasteiger partial charge in [-0.15, -0.1) is 9.35 Å². The van der Waals surface area contributed by atoms with Gasteiger partial charge < -0.3 is 33.2 Å². The molecule has 0 bridgehead atoms. The summed E-state index contributed by atoms with van der Waals surface area (Å²) in [6, 6.07) is 37.2. The number of esters is 2. The monoisotopic (exact) mass is 1930 g/mol. The van der Waals surface area contributed by atoms with Crippen molar-refractivity contribution in [3.8, 4) is 23.0 Å². The van der Waals surface area contributed by atoms with Gasteiger partial charge in [-0.2, -0.15) is 43.2 Å². The lowest BCUT2D eigenvalue weighted by Gasteiger charge is -2.31. The second-order valence-corrected chi connectivity index (χ2v) is 42.6. The summed E-state index contributed by atoms with van der Waals surface area (Å²) in [6.07, 6.45) is 13.8. The Kier molecular flexibility index (Phi) is 58.2. The molecule has 0 radical (unpaired) electrons. The number of fused-ring (bicyclic) bond motifs is 1. The quantitative estimate of drug-likeness (QED) is 0.00673. The molecular weight excluding hydrogens is 1780 g/mol. The molecule has 33 heteroatoms. The minimum absolute atomic E-state index is 0. The van der Waals surface area contributed by atoms with E-state index in [-0.39, 0.29) is 142 Å². The van der Waals surface area contributed by atoms with Crippen LogP contribution in [0.1, 0.15) is 352 Å². The number of amides is 2. The standard InChI is InChI=1S/C20H29OS.C18H17NO5S.C17H20F6O10S3.C11H16O2.C10H20O2.C10H14O.10CH4/c1-20(2,22-14-6-7-15-22)19(21)18-12-10-17(11-13-18)16-8-4-3-5-9-16;1-3-12(2)13-8-10-14(11-9-13)25(22,23)24-19-17(20)15-6-4-5-7-16(15)18(19)21;1-4-14(2,3)13(24)32-10-9-11-5-7-12(8-6-11)33-34(25,26)16(20,21)15(18,19)17(22,23)35(27,28)36(29,30)31;1-4-8(2)9-5-6-10(12)11(7-9)13-3;1-7-10(5,6)8(11)12-9(2,3)4;1-3-8(2)9-4-6-10(11)7-5-9;;;;;;;;;;/h10-13,16H,3-9,14-15H2,1-2H3;4-12H,3H2,1-2H3;5-8H,4,9-10H2,1-3H3,(H,29,30,31);5-8,12H,4H2,1-3H3;7H2,1-6H3;4-8,11H,3H2,1-2H3;10*1H4/q+1;;;;;;;;;;;;;;;/p-1. The van der Waals surface area contributed by atoms with Crippen molar-refractivity contribution in [1.82, 2.24) is 5.06 Å². The first-order chi connectivity index (χ1) is 54.9. The zero-order chi connectivity index (χ0) is 90.5. The van der Waals surface area contributed by atoms with Crippen LogP contribution >= 0.6 is 0 Å². The Morgan fingerprint density at radius 2 is 0.953 bits per heavy atom. The summed E-state index contributed by atoms with van der Waals surface area (Å²) >= 11 is 0. The average molecular weight is 1930 g/mol. The molecule has 1 saturated heterocycles. The van der Waals surface area contributed by atoms with E-state index in [1.807, 2.05) is 79.7 Å². The molecule has 742 valence electrons. The van der Waals surface area contributed by atoms with Crippen molar-refractivity contribution in [2.45, 2.75) is 331 Å². The number of halogens is 6. The number of nitrogens with zero attached hydrogens (tertiary/aromatic N) is 1. The molecule has 1 saturated carbocycles. The van der Waals surface area contributed by atoms with Crippen LogP contribution in [0.3, 0.4) is 0 Å². The first-order valence-corrected chi connectivity index (χ1v) is 47.0. The maximum absolute atomic E-state index is 14.0. The maximum atomic E-state index is 14.0. The van der Waals surface area contributed by atoms with Crippen molar-refractivity contribution >= 4 is 78.7 Å². The van der Waals surface area contributed by atoms with E-state index in [4.69, 9.17) is 23.6 Å². The van der Waals surface area contributed by atoms with Crippen molar-refractivity contribution in [1.29, 1.82) is 0 Å². The molecular formula is C96H155F6NO21S5. The molecule has 6 aromatic rings. The predicted molar refractivity (Wildman–Crippen MR) is 513 cm³/mol. The van der Waals surface area contributed by atoms with E-state index in [9.17, 15) is 93.6 Å². The highest BCUT2D eigenvalue weighted by Gasteiger charge is 2.84. The molecule has 2 N–H and O–H groups in total. The third kappa shape index (κ3) is 35.4. The summed E-state index contributed by atoms with van der Waals surface area (Å²) in [7, 11) is -24.8. The largest absolute Gasteiger partial charge is 0.735 e. The number of ketones is 1. The minimum atomic E-state index is -7.88. The summed E-state index contributed by atoms with van der Waals surface area (Å²) in [5.41, 5.74) is 4.91. The third-order valence-corrected chi connectivity index (χ3v) is 30.3. The van der Waals surface area contributed by atoms with Gasteiger partial charge in [-0.3, -0.25) is 24.0 Å².